The molecular weight excluding hydrogens is 558 g/mol. The molecule has 0 aromatic heterocycles. The van der Waals surface area contributed by atoms with Crippen molar-refractivity contribution in [3.8, 4) is 0 Å². The summed E-state index contributed by atoms with van der Waals surface area (Å²) in [5.41, 5.74) is 0. The minimum Gasteiger partial charge on any atom is -0.394 e. The van der Waals surface area contributed by atoms with Crippen LogP contribution in [-0.4, -0.2) is 111 Å². The van der Waals surface area contributed by atoms with Gasteiger partial charge in [0.25, 0.3) is 0 Å². The number of alkyl halides is 2. The molecule has 0 aliphatic carbocycles. The molecule has 0 aliphatic rings. The number of halogens is 2. The largest absolute Gasteiger partial charge is 0.394 e. The van der Waals surface area contributed by atoms with E-state index in [1.54, 1.807) is 45.2 Å². The summed E-state index contributed by atoms with van der Waals surface area (Å²) >= 11 is 3.25. The summed E-state index contributed by atoms with van der Waals surface area (Å²) in [5, 5.41) is 70.9. The van der Waals surface area contributed by atoms with Gasteiger partial charge in [0, 0.05) is 0 Å². The predicted molar refractivity (Wildman–Crippen MR) is 98.0 cm³/mol. The topological polar surface area (TPSA) is 196 Å². The second-order valence-corrected chi connectivity index (χ2v) is 7.50. The summed E-state index contributed by atoms with van der Waals surface area (Å²) in [6.45, 7) is -1.30. The van der Waals surface area contributed by atoms with Crippen LogP contribution in [-0.2, 0) is 9.59 Å². The Bertz CT molecular complexity index is 316. The van der Waals surface area contributed by atoms with Crippen molar-refractivity contribution in [3.05, 3.63) is 0 Å². The van der Waals surface area contributed by atoms with Crippen LogP contribution in [0, 0.1) is 0 Å². The highest BCUT2D eigenvalue weighted by molar-refractivity contribution is 14.1. The van der Waals surface area contributed by atoms with E-state index in [-0.39, 0.29) is 0 Å². The van der Waals surface area contributed by atoms with Crippen LogP contribution in [0.25, 0.3) is 0 Å². The molecule has 0 heterocycles. The van der Waals surface area contributed by atoms with Crippen LogP contribution in [0.2, 0.25) is 0 Å². The molecule has 0 saturated carbocycles. The lowest BCUT2D eigenvalue weighted by Crippen LogP contribution is -2.44. The van der Waals surface area contributed by atoms with Crippen LogP contribution in [0.4, 0.5) is 0 Å². The first-order valence-electron chi connectivity index (χ1n) is 6.57. The molecule has 0 saturated heterocycles. The first-order chi connectivity index (χ1) is 11.1. The molecule has 144 valence electrons. The smallest absolute Gasteiger partial charge is 0.135 e. The standard InChI is InChI=1S/2C6H11IO5/c2*7-3(1-8)5(11)6(12)4(10)2-9/h2*1,3-6,9-12H,2H2/t3-,4+,5+,6-;3-,4-,5-,6+/m01/s1. The average molecular weight is 580 g/mol. The Morgan fingerprint density at radius 2 is 0.875 bits per heavy atom. The van der Waals surface area contributed by atoms with Crippen molar-refractivity contribution in [2.45, 2.75) is 44.5 Å². The van der Waals surface area contributed by atoms with Gasteiger partial charge in [0.15, 0.2) is 0 Å². The maximum Gasteiger partial charge on any atom is 0.135 e. The fourth-order valence-corrected chi connectivity index (χ4v) is 2.06. The van der Waals surface area contributed by atoms with Gasteiger partial charge in [-0.2, -0.15) is 0 Å². The summed E-state index contributed by atoms with van der Waals surface area (Å²) in [5.74, 6) is 0. The number of hydrogen-bond donors (Lipinski definition) is 8. The van der Waals surface area contributed by atoms with Crippen molar-refractivity contribution in [2.24, 2.45) is 0 Å². The van der Waals surface area contributed by atoms with Crippen LogP contribution in [0.15, 0.2) is 0 Å². The maximum atomic E-state index is 10.1. The van der Waals surface area contributed by atoms with E-state index in [1.165, 1.54) is 0 Å². The molecule has 0 bridgehead atoms. The second-order valence-electron chi connectivity index (χ2n) is 4.62. The van der Waals surface area contributed by atoms with Crippen molar-refractivity contribution < 1.29 is 50.4 Å². The quantitative estimate of drug-likeness (QED) is 0.0720. The number of rotatable bonds is 10. The Morgan fingerprint density at radius 1 is 0.625 bits per heavy atom. The molecule has 0 aliphatic heterocycles. The third kappa shape index (κ3) is 9.83. The molecular formula is C12H22I2O10. The van der Waals surface area contributed by atoms with Gasteiger partial charge < -0.3 is 50.4 Å². The summed E-state index contributed by atoms with van der Waals surface area (Å²) in [6, 6.07) is 0. The van der Waals surface area contributed by atoms with Crippen molar-refractivity contribution in [1.82, 2.24) is 0 Å². The molecule has 8 N–H and O–H groups in total. The van der Waals surface area contributed by atoms with Gasteiger partial charge in [-0.05, 0) is 0 Å². The highest BCUT2D eigenvalue weighted by atomic mass is 127. The first kappa shape index (κ1) is 26.7. The van der Waals surface area contributed by atoms with Gasteiger partial charge in [0.2, 0.25) is 0 Å². The molecule has 0 radical (unpaired) electrons. The molecule has 0 unspecified atom stereocenters. The Labute approximate surface area is 165 Å². The highest BCUT2D eigenvalue weighted by Crippen LogP contribution is 2.11. The summed E-state index contributed by atoms with van der Waals surface area (Å²) in [4.78, 5) is 20.3. The second kappa shape index (κ2) is 14.6. The fourth-order valence-electron chi connectivity index (χ4n) is 1.21. The summed E-state index contributed by atoms with van der Waals surface area (Å²) in [7, 11) is 0. The van der Waals surface area contributed by atoms with E-state index < -0.39 is 57.7 Å². The molecule has 24 heavy (non-hydrogen) atoms. The van der Waals surface area contributed by atoms with Crippen molar-refractivity contribution in [2.75, 3.05) is 13.2 Å². The Morgan fingerprint density at radius 3 is 1.04 bits per heavy atom. The SMILES string of the molecule is O=C[C@@H](I)[C@@H](O)[C@@H](O)[C@H](O)CO.O=C[C@H](I)[C@@H](O)[C@@H](O)[C@H](O)CO. The number of aliphatic hydroxyl groups is 8. The number of aliphatic hydroxyl groups excluding tert-OH is 8. The third-order valence-corrected chi connectivity index (χ3v) is 4.84. The lowest BCUT2D eigenvalue weighted by Gasteiger charge is -2.22. The minimum atomic E-state index is -1.50. The number of carbonyl (C=O) groups excluding carboxylic acids is 2. The van der Waals surface area contributed by atoms with Crippen LogP contribution >= 0.6 is 45.2 Å². The Kier molecular flexibility index (Phi) is 16.3. The van der Waals surface area contributed by atoms with E-state index in [1.807, 2.05) is 0 Å². The van der Waals surface area contributed by atoms with E-state index in [0.29, 0.717) is 12.6 Å². The normalized spacial score (nSPS) is 21.1. The number of carbonyl (C=O) groups is 2. The van der Waals surface area contributed by atoms with Gasteiger partial charge >= 0.3 is 0 Å². The van der Waals surface area contributed by atoms with Gasteiger partial charge in [-0.1, -0.05) is 45.2 Å². The van der Waals surface area contributed by atoms with Crippen LogP contribution in [0.1, 0.15) is 0 Å². The van der Waals surface area contributed by atoms with Crippen molar-refractivity contribution >= 4 is 57.8 Å². The first-order valence-corrected chi connectivity index (χ1v) is 9.06. The van der Waals surface area contributed by atoms with E-state index in [0.717, 1.165) is 0 Å². The van der Waals surface area contributed by atoms with E-state index in [2.05, 4.69) is 0 Å². The van der Waals surface area contributed by atoms with Crippen molar-refractivity contribution in [1.29, 1.82) is 0 Å². The molecule has 0 aromatic rings. The van der Waals surface area contributed by atoms with Gasteiger partial charge in [0.05, 0.1) is 21.1 Å². The minimum absolute atomic E-state index is 0.457. The van der Waals surface area contributed by atoms with Crippen LogP contribution in [0.5, 0.6) is 0 Å². The summed E-state index contributed by atoms with van der Waals surface area (Å²) in [6.07, 6.45) is -7.63. The van der Waals surface area contributed by atoms with Gasteiger partial charge in [0.1, 0.15) is 49.2 Å². The molecule has 0 fully saturated rings. The van der Waals surface area contributed by atoms with E-state index >= 15 is 0 Å². The molecule has 10 nitrogen and oxygen atoms in total. The van der Waals surface area contributed by atoms with Crippen LogP contribution < -0.4 is 0 Å². The van der Waals surface area contributed by atoms with E-state index in [4.69, 9.17) is 40.9 Å². The molecule has 0 rings (SSSR count). The van der Waals surface area contributed by atoms with Crippen molar-refractivity contribution in [3.63, 3.8) is 0 Å². The third-order valence-electron chi connectivity index (χ3n) is 2.77. The zero-order valence-corrected chi connectivity index (χ0v) is 16.7. The van der Waals surface area contributed by atoms with E-state index in [9.17, 15) is 9.59 Å². The average Bonchev–Trinajstić information content (AvgIpc) is 2.62. The molecule has 8 atom stereocenters. The zero-order chi connectivity index (χ0) is 19.4. The Balaban J connectivity index is 0. The molecule has 12 heteroatoms. The fraction of sp³-hybridized carbons (Fsp3) is 0.833. The Hall–Kier alpha value is 0.480. The molecule has 0 spiro atoms. The van der Waals surface area contributed by atoms with Crippen LogP contribution in [0.3, 0.4) is 0 Å². The summed E-state index contributed by atoms with van der Waals surface area (Å²) < 4.78 is -1.59. The predicted octanol–water partition coefficient (Wildman–Crippen LogP) is -3.87. The number of aldehydes is 2. The monoisotopic (exact) mass is 580 g/mol. The zero-order valence-electron chi connectivity index (χ0n) is 12.3. The van der Waals surface area contributed by atoms with Gasteiger partial charge in [-0.25, -0.2) is 0 Å². The highest BCUT2D eigenvalue weighted by Gasteiger charge is 2.29. The maximum absolute atomic E-state index is 10.1. The molecule has 0 amide bonds. The van der Waals surface area contributed by atoms with Gasteiger partial charge in [-0.15, -0.1) is 0 Å². The lowest BCUT2D eigenvalue weighted by atomic mass is 10.1. The molecule has 0 aromatic carbocycles. The van der Waals surface area contributed by atoms with Gasteiger partial charge in [-0.3, -0.25) is 0 Å². The lowest BCUT2D eigenvalue weighted by molar-refractivity contribution is -0.114. The number of hydrogen-bond acceptors (Lipinski definition) is 10.